The molecule has 3 N–H and O–H groups in total. The quantitative estimate of drug-likeness (QED) is 0.390. The number of aromatic nitrogens is 2. The topological polar surface area (TPSA) is 80.9 Å². The van der Waals surface area contributed by atoms with Gasteiger partial charge in [-0.2, -0.15) is 0 Å². The summed E-state index contributed by atoms with van der Waals surface area (Å²) in [6.07, 6.45) is 1.59. The molecular weight excluding hydrogens is 284 g/mol. The van der Waals surface area contributed by atoms with Crippen LogP contribution in [-0.4, -0.2) is 15.9 Å². The van der Waals surface area contributed by atoms with E-state index in [-0.39, 0.29) is 0 Å². The molecule has 19 heavy (non-hydrogen) atoms. The molecule has 0 bridgehead atoms. The highest BCUT2D eigenvalue weighted by Crippen LogP contribution is 2.21. The van der Waals surface area contributed by atoms with Crippen molar-refractivity contribution in [1.29, 1.82) is 0 Å². The van der Waals surface area contributed by atoms with E-state index in [1.165, 1.54) is 11.8 Å². The van der Waals surface area contributed by atoms with Crippen molar-refractivity contribution < 1.29 is 4.79 Å². The molecule has 2 heterocycles. The Labute approximate surface area is 119 Å². The van der Waals surface area contributed by atoms with Crippen LogP contribution in [-0.2, 0) is 5.75 Å². The van der Waals surface area contributed by atoms with Gasteiger partial charge in [0.2, 0.25) is 0 Å². The van der Waals surface area contributed by atoms with Gasteiger partial charge in [-0.25, -0.2) is 15.8 Å². The third-order valence-electron chi connectivity index (χ3n) is 2.24. The van der Waals surface area contributed by atoms with E-state index < -0.39 is 5.91 Å². The van der Waals surface area contributed by atoms with Crippen LogP contribution in [0.1, 0.15) is 16.2 Å². The molecule has 0 aliphatic heterocycles. The Kier molecular flexibility index (Phi) is 4.73. The molecular formula is C12H11ClN4OS. The van der Waals surface area contributed by atoms with Crippen molar-refractivity contribution in [2.24, 2.45) is 5.84 Å². The van der Waals surface area contributed by atoms with E-state index in [1.807, 2.05) is 12.1 Å². The number of carbonyl (C=O) groups is 1. The molecule has 0 fully saturated rings. The number of carbonyl (C=O) groups excluding carboxylic acids is 1. The van der Waals surface area contributed by atoms with E-state index in [4.69, 9.17) is 17.4 Å². The fourth-order valence-corrected chi connectivity index (χ4v) is 2.22. The normalized spacial score (nSPS) is 10.2. The van der Waals surface area contributed by atoms with Crippen LogP contribution >= 0.6 is 23.4 Å². The van der Waals surface area contributed by atoms with E-state index >= 15 is 0 Å². The first kappa shape index (κ1) is 13.8. The smallest absolute Gasteiger partial charge is 0.283 e. The van der Waals surface area contributed by atoms with Crippen molar-refractivity contribution in [2.45, 2.75) is 10.8 Å². The van der Waals surface area contributed by atoms with Crippen molar-refractivity contribution in [1.82, 2.24) is 15.4 Å². The lowest BCUT2D eigenvalue weighted by molar-refractivity contribution is 0.0948. The Bertz CT molecular complexity index is 576. The first-order valence-corrected chi connectivity index (χ1v) is 6.76. The van der Waals surface area contributed by atoms with Gasteiger partial charge in [0.15, 0.2) is 0 Å². The monoisotopic (exact) mass is 294 g/mol. The van der Waals surface area contributed by atoms with E-state index in [9.17, 15) is 4.79 Å². The number of hydrazine groups is 1. The highest BCUT2D eigenvalue weighted by molar-refractivity contribution is 7.98. The predicted octanol–water partition coefficient (Wildman–Crippen LogP) is 2.03. The third kappa shape index (κ3) is 3.92. The maximum atomic E-state index is 11.3. The summed E-state index contributed by atoms with van der Waals surface area (Å²) in [5.41, 5.74) is 3.13. The molecule has 7 heteroatoms. The molecule has 0 radical (unpaired) electrons. The minimum absolute atomic E-state index is 0.296. The average Bonchev–Trinajstić information content (AvgIpc) is 2.46. The number of halogens is 1. The number of nitrogens with one attached hydrogen (secondary N) is 1. The van der Waals surface area contributed by atoms with Gasteiger partial charge >= 0.3 is 0 Å². The van der Waals surface area contributed by atoms with Crippen LogP contribution in [0.4, 0.5) is 0 Å². The highest BCUT2D eigenvalue weighted by atomic mass is 35.5. The molecule has 2 aromatic heterocycles. The van der Waals surface area contributed by atoms with Crippen molar-refractivity contribution in [3.8, 4) is 0 Å². The molecule has 0 aliphatic rings. The second-order valence-corrected chi connectivity index (χ2v) is 5.02. The number of rotatable bonds is 4. The van der Waals surface area contributed by atoms with Gasteiger partial charge in [0.1, 0.15) is 5.69 Å². The number of hydrogen-bond acceptors (Lipinski definition) is 5. The van der Waals surface area contributed by atoms with Crippen LogP contribution in [0.5, 0.6) is 0 Å². The predicted molar refractivity (Wildman–Crippen MR) is 74.7 cm³/mol. The first-order valence-electron chi connectivity index (χ1n) is 5.40. The maximum Gasteiger partial charge on any atom is 0.283 e. The van der Waals surface area contributed by atoms with Gasteiger partial charge in [0, 0.05) is 11.9 Å². The van der Waals surface area contributed by atoms with Crippen LogP contribution in [0.2, 0.25) is 5.02 Å². The summed E-state index contributed by atoms with van der Waals surface area (Å²) in [5.74, 6) is 5.27. The Balaban J connectivity index is 2.03. The van der Waals surface area contributed by atoms with E-state index in [0.29, 0.717) is 16.5 Å². The van der Waals surface area contributed by atoms with Gasteiger partial charge < -0.3 is 0 Å². The van der Waals surface area contributed by atoms with Crippen molar-refractivity contribution in [3.05, 3.63) is 52.9 Å². The number of pyridine rings is 2. The van der Waals surface area contributed by atoms with Gasteiger partial charge in [-0.05, 0) is 24.3 Å². The zero-order valence-corrected chi connectivity index (χ0v) is 11.4. The zero-order valence-electron chi connectivity index (χ0n) is 9.84. The lowest BCUT2D eigenvalue weighted by Gasteiger charge is -2.03. The van der Waals surface area contributed by atoms with E-state index in [2.05, 4.69) is 15.4 Å². The Hall–Kier alpha value is -1.63. The van der Waals surface area contributed by atoms with E-state index in [1.54, 1.807) is 24.4 Å². The standard InChI is InChI=1S/C12H11ClN4OS/c13-8-4-5-11(15-6-8)19-7-9-2-1-3-10(16-9)12(18)17-14/h1-6H,7,14H2,(H,17,18). The summed E-state index contributed by atoms with van der Waals surface area (Å²) < 4.78 is 0. The Morgan fingerprint density at radius 1 is 1.37 bits per heavy atom. The van der Waals surface area contributed by atoms with Crippen molar-refractivity contribution in [2.75, 3.05) is 0 Å². The molecule has 98 valence electrons. The Morgan fingerprint density at radius 3 is 2.89 bits per heavy atom. The average molecular weight is 295 g/mol. The van der Waals surface area contributed by atoms with Crippen LogP contribution in [0.25, 0.3) is 0 Å². The molecule has 0 unspecified atom stereocenters. The molecule has 5 nitrogen and oxygen atoms in total. The summed E-state index contributed by atoms with van der Waals surface area (Å²) in [4.78, 5) is 19.7. The Morgan fingerprint density at radius 2 is 2.21 bits per heavy atom. The number of nitrogens with zero attached hydrogens (tertiary/aromatic N) is 2. The van der Waals surface area contributed by atoms with Crippen molar-refractivity contribution >= 4 is 29.3 Å². The molecule has 0 saturated carbocycles. The number of thioether (sulfide) groups is 1. The number of hydrogen-bond donors (Lipinski definition) is 2. The molecule has 0 spiro atoms. The summed E-state index contributed by atoms with van der Waals surface area (Å²) in [5, 5.41) is 1.45. The highest BCUT2D eigenvalue weighted by Gasteiger charge is 2.06. The van der Waals surface area contributed by atoms with Crippen molar-refractivity contribution in [3.63, 3.8) is 0 Å². The van der Waals surface area contributed by atoms with Crippen LogP contribution < -0.4 is 11.3 Å². The fraction of sp³-hybridized carbons (Fsp3) is 0.0833. The number of amides is 1. The largest absolute Gasteiger partial charge is 0.289 e. The molecule has 0 aromatic carbocycles. The summed E-state index contributed by atoms with van der Waals surface area (Å²) in [6, 6.07) is 8.84. The molecule has 0 atom stereocenters. The lowest BCUT2D eigenvalue weighted by Crippen LogP contribution is -2.30. The summed E-state index contributed by atoms with van der Waals surface area (Å²) in [6.45, 7) is 0. The fourth-order valence-electron chi connectivity index (χ4n) is 1.36. The lowest BCUT2D eigenvalue weighted by atomic mass is 10.3. The van der Waals surface area contributed by atoms with Crippen LogP contribution in [0, 0.1) is 0 Å². The maximum absolute atomic E-state index is 11.3. The first-order chi connectivity index (χ1) is 9.19. The molecule has 2 aromatic rings. The summed E-state index contributed by atoms with van der Waals surface area (Å²) in [7, 11) is 0. The number of nitrogen functional groups attached to an aromatic ring is 1. The second kappa shape index (κ2) is 6.51. The van der Waals surface area contributed by atoms with Gasteiger partial charge in [-0.3, -0.25) is 10.2 Å². The molecule has 0 saturated heterocycles. The molecule has 2 rings (SSSR count). The third-order valence-corrected chi connectivity index (χ3v) is 3.44. The van der Waals surface area contributed by atoms with Gasteiger partial charge in [-0.1, -0.05) is 17.7 Å². The van der Waals surface area contributed by atoms with E-state index in [0.717, 1.165) is 10.7 Å². The minimum atomic E-state index is -0.406. The van der Waals surface area contributed by atoms with Gasteiger partial charge in [-0.15, -0.1) is 11.8 Å². The molecule has 0 aliphatic carbocycles. The van der Waals surface area contributed by atoms with Gasteiger partial charge in [0.25, 0.3) is 5.91 Å². The SMILES string of the molecule is NNC(=O)c1cccc(CSc2ccc(Cl)cn2)n1. The van der Waals surface area contributed by atoms with Gasteiger partial charge in [0.05, 0.1) is 15.7 Å². The second-order valence-electron chi connectivity index (χ2n) is 3.59. The van der Waals surface area contributed by atoms with Crippen LogP contribution in [0.15, 0.2) is 41.6 Å². The molecule has 1 amide bonds. The summed E-state index contributed by atoms with van der Waals surface area (Å²) >= 11 is 7.28. The number of nitrogens with two attached hydrogens (primary N) is 1. The zero-order chi connectivity index (χ0) is 13.7. The minimum Gasteiger partial charge on any atom is -0.289 e. The van der Waals surface area contributed by atoms with Crippen LogP contribution in [0.3, 0.4) is 0 Å².